The highest BCUT2D eigenvalue weighted by Gasteiger charge is 2.17. The van der Waals surface area contributed by atoms with Crippen LogP contribution in [-0.4, -0.2) is 13.1 Å². The fraction of sp³-hybridized carbons (Fsp3) is 0.385. The van der Waals surface area contributed by atoms with E-state index in [4.69, 9.17) is 6.42 Å². The molecule has 0 N–H and O–H groups in total. The summed E-state index contributed by atoms with van der Waals surface area (Å²) in [6, 6.07) is 10.5. The molecule has 0 radical (unpaired) electrons. The van der Waals surface area contributed by atoms with Gasteiger partial charge < -0.3 is 4.90 Å². The fourth-order valence-corrected chi connectivity index (χ4v) is 1.99. The molecule has 0 bridgehead atoms. The summed E-state index contributed by atoms with van der Waals surface area (Å²) >= 11 is 0. The first-order chi connectivity index (χ1) is 6.90. The van der Waals surface area contributed by atoms with Gasteiger partial charge in [0.15, 0.2) is 0 Å². The molecule has 2 rings (SSSR count). The van der Waals surface area contributed by atoms with Crippen molar-refractivity contribution in [2.24, 2.45) is 5.92 Å². The lowest BCUT2D eigenvalue weighted by molar-refractivity contribution is 0.498. The molecule has 1 nitrogen and oxygen atoms in total. The Morgan fingerprint density at radius 1 is 1.29 bits per heavy atom. The van der Waals surface area contributed by atoms with Gasteiger partial charge in [-0.2, -0.15) is 0 Å². The molecule has 1 saturated heterocycles. The van der Waals surface area contributed by atoms with Crippen LogP contribution in [0.1, 0.15) is 12.8 Å². The Kier molecular flexibility index (Phi) is 2.74. The summed E-state index contributed by atoms with van der Waals surface area (Å²) < 4.78 is 0. The van der Waals surface area contributed by atoms with Gasteiger partial charge in [-0.25, -0.2) is 0 Å². The van der Waals surface area contributed by atoms with E-state index < -0.39 is 0 Å². The number of hydrogen-bond donors (Lipinski definition) is 0. The lowest BCUT2D eigenvalue weighted by atomic mass is 9.98. The van der Waals surface area contributed by atoms with Crippen LogP contribution in [0.15, 0.2) is 30.3 Å². The van der Waals surface area contributed by atoms with Crippen molar-refractivity contribution in [3.8, 4) is 12.3 Å². The molecule has 1 aliphatic rings. The van der Waals surface area contributed by atoms with Crippen molar-refractivity contribution in [1.29, 1.82) is 0 Å². The maximum Gasteiger partial charge on any atom is 0.0376 e. The van der Waals surface area contributed by atoms with E-state index in [1.807, 2.05) is 6.07 Å². The quantitative estimate of drug-likeness (QED) is 0.608. The molecule has 0 aromatic heterocycles. The zero-order chi connectivity index (χ0) is 9.80. The molecule has 0 amide bonds. The van der Waals surface area contributed by atoms with Crippen LogP contribution in [0.3, 0.4) is 0 Å². The number of hydrogen-bond acceptors (Lipinski definition) is 1. The predicted octanol–water partition coefficient (Wildman–Crippen LogP) is 2.54. The number of terminal acetylenes is 1. The highest BCUT2D eigenvalue weighted by Crippen LogP contribution is 2.22. The number of para-hydroxylation sites is 1. The van der Waals surface area contributed by atoms with Gasteiger partial charge in [-0.3, -0.25) is 0 Å². The third-order valence-electron chi connectivity index (χ3n) is 2.78. The summed E-state index contributed by atoms with van der Waals surface area (Å²) in [5.41, 5.74) is 1.30. The molecular weight excluding hydrogens is 170 g/mol. The van der Waals surface area contributed by atoms with E-state index in [1.54, 1.807) is 0 Å². The highest BCUT2D eigenvalue weighted by atomic mass is 15.1. The zero-order valence-electron chi connectivity index (χ0n) is 8.32. The average molecular weight is 185 g/mol. The summed E-state index contributed by atoms with van der Waals surface area (Å²) in [6.07, 6.45) is 7.86. The van der Waals surface area contributed by atoms with Crippen LogP contribution < -0.4 is 4.90 Å². The Morgan fingerprint density at radius 2 is 2.07 bits per heavy atom. The first-order valence-corrected chi connectivity index (χ1v) is 5.16. The average Bonchev–Trinajstić information content (AvgIpc) is 2.30. The SMILES string of the molecule is C#CC1CCCN(c2ccccc2)C1. The Bertz CT molecular complexity index is 323. The molecule has 1 heterocycles. The summed E-state index contributed by atoms with van der Waals surface area (Å²) in [7, 11) is 0. The van der Waals surface area contributed by atoms with E-state index in [0.29, 0.717) is 5.92 Å². The zero-order valence-corrected chi connectivity index (χ0v) is 8.32. The molecule has 72 valence electrons. The van der Waals surface area contributed by atoms with Crippen molar-refractivity contribution in [2.45, 2.75) is 12.8 Å². The van der Waals surface area contributed by atoms with Crippen LogP contribution in [0.25, 0.3) is 0 Å². The van der Waals surface area contributed by atoms with Gasteiger partial charge in [0.1, 0.15) is 0 Å². The monoisotopic (exact) mass is 185 g/mol. The smallest absolute Gasteiger partial charge is 0.0376 e. The maximum absolute atomic E-state index is 5.47. The molecule has 1 atom stereocenters. The minimum absolute atomic E-state index is 0.434. The van der Waals surface area contributed by atoms with E-state index in [9.17, 15) is 0 Å². The summed E-state index contributed by atoms with van der Waals surface area (Å²) in [5.74, 6) is 3.30. The van der Waals surface area contributed by atoms with Crippen LogP contribution >= 0.6 is 0 Å². The van der Waals surface area contributed by atoms with E-state index >= 15 is 0 Å². The summed E-state index contributed by atoms with van der Waals surface area (Å²) in [4.78, 5) is 2.38. The van der Waals surface area contributed by atoms with Crippen molar-refractivity contribution < 1.29 is 0 Å². The Morgan fingerprint density at radius 3 is 2.79 bits per heavy atom. The third kappa shape index (κ3) is 1.90. The summed E-state index contributed by atoms with van der Waals surface area (Å²) in [6.45, 7) is 2.16. The molecule has 1 unspecified atom stereocenters. The molecular formula is C13H15N. The molecule has 0 spiro atoms. The minimum Gasteiger partial charge on any atom is -0.370 e. The third-order valence-corrected chi connectivity index (χ3v) is 2.78. The van der Waals surface area contributed by atoms with Crippen molar-refractivity contribution in [1.82, 2.24) is 0 Å². The molecule has 1 aromatic carbocycles. The lowest BCUT2D eigenvalue weighted by Crippen LogP contribution is -2.34. The maximum atomic E-state index is 5.47. The number of anilines is 1. The number of rotatable bonds is 1. The molecule has 0 aliphatic carbocycles. The molecule has 1 heteroatoms. The van der Waals surface area contributed by atoms with Gasteiger partial charge in [0, 0.05) is 24.7 Å². The largest absolute Gasteiger partial charge is 0.370 e. The first-order valence-electron chi connectivity index (χ1n) is 5.16. The summed E-state index contributed by atoms with van der Waals surface area (Å²) in [5, 5.41) is 0. The van der Waals surface area contributed by atoms with Gasteiger partial charge in [-0.05, 0) is 25.0 Å². The second-order valence-electron chi connectivity index (χ2n) is 3.79. The van der Waals surface area contributed by atoms with Gasteiger partial charge in [0.25, 0.3) is 0 Å². The van der Waals surface area contributed by atoms with Crippen molar-refractivity contribution >= 4 is 5.69 Å². The molecule has 14 heavy (non-hydrogen) atoms. The van der Waals surface area contributed by atoms with E-state index in [2.05, 4.69) is 35.1 Å². The van der Waals surface area contributed by atoms with Gasteiger partial charge in [-0.1, -0.05) is 18.2 Å². The minimum atomic E-state index is 0.434. The van der Waals surface area contributed by atoms with Crippen molar-refractivity contribution in [3.63, 3.8) is 0 Å². The van der Waals surface area contributed by atoms with Gasteiger partial charge >= 0.3 is 0 Å². The first kappa shape index (κ1) is 9.15. The van der Waals surface area contributed by atoms with E-state index in [1.165, 1.54) is 18.5 Å². The molecule has 0 saturated carbocycles. The Labute approximate surface area is 85.7 Å². The van der Waals surface area contributed by atoms with Gasteiger partial charge in [0.05, 0.1) is 0 Å². The fourth-order valence-electron chi connectivity index (χ4n) is 1.99. The van der Waals surface area contributed by atoms with Gasteiger partial charge in [-0.15, -0.1) is 12.3 Å². The number of piperidine rings is 1. The Hall–Kier alpha value is -1.42. The van der Waals surface area contributed by atoms with Gasteiger partial charge in [0.2, 0.25) is 0 Å². The van der Waals surface area contributed by atoms with Crippen LogP contribution in [0.2, 0.25) is 0 Å². The Balaban J connectivity index is 2.09. The van der Waals surface area contributed by atoms with Crippen molar-refractivity contribution in [3.05, 3.63) is 30.3 Å². The second-order valence-corrected chi connectivity index (χ2v) is 3.79. The molecule has 1 fully saturated rings. The standard InChI is InChI=1S/C13H15N/c1-2-12-7-6-10-14(11-12)13-8-4-3-5-9-13/h1,3-5,8-9,12H,6-7,10-11H2. The van der Waals surface area contributed by atoms with Crippen LogP contribution in [0.5, 0.6) is 0 Å². The normalized spacial score (nSPS) is 21.6. The predicted molar refractivity (Wildman–Crippen MR) is 60.2 cm³/mol. The lowest BCUT2D eigenvalue weighted by Gasteiger charge is -2.32. The van der Waals surface area contributed by atoms with E-state index in [0.717, 1.165) is 13.1 Å². The molecule has 1 aliphatic heterocycles. The van der Waals surface area contributed by atoms with Crippen LogP contribution in [0, 0.1) is 18.3 Å². The second kappa shape index (κ2) is 4.19. The van der Waals surface area contributed by atoms with Crippen LogP contribution in [-0.2, 0) is 0 Å². The van der Waals surface area contributed by atoms with E-state index in [-0.39, 0.29) is 0 Å². The number of benzene rings is 1. The number of nitrogens with zero attached hydrogens (tertiary/aromatic N) is 1. The molecule has 1 aromatic rings. The highest BCUT2D eigenvalue weighted by molar-refractivity contribution is 5.46. The van der Waals surface area contributed by atoms with Crippen molar-refractivity contribution in [2.75, 3.05) is 18.0 Å². The van der Waals surface area contributed by atoms with Crippen LogP contribution in [0.4, 0.5) is 5.69 Å². The topological polar surface area (TPSA) is 3.24 Å².